The summed E-state index contributed by atoms with van der Waals surface area (Å²) in [4.78, 5) is 25.0. The first-order chi connectivity index (χ1) is 9.20. The Kier molecular flexibility index (Phi) is 4.52. The van der Waals surface area contributed by atoms with Crippen LogP contribution in [0.1, 0.15) is 12.0 Å². The fourth-order valence-electron chi connectivity index (χ4n) is 2.03. The first-order valence-corrected chi connectivity index (χ1v) is 6.22. The maximum atomic E-state index is 11.9. The molecule has 2 rings (SSSR count). The van der Waals surface area contributed by atoms with E-state index in [-0.39, 0.29) is 12.5 Å². The lowest BCUT2D eigenvalue weighted by molar-refractivity contribution is -0.154. The van der Waals surface area contributed by atoms with Crippen LogP contribution in [0.25, 0.3) is 0 Å². The van der Waals surface area contributed by atoms with Crippen LogP contribution in [0, 0.1) is 0 Å². The Labute approximate surface area is 112 Å². The molecule has 0 radical (unpaired) electrons. The van der Waals surface area contributed by atoms with Crippen LogP contribution in [-0.4, -0.2) is 43.1 Å². The van der Waals surface area contributed by atoms with E-state index in [2.05, 4.69) is 4.74 Å². The molecule has 1 heterocycles. The van der Waals surface area contributed by atoms with Crippen LogP contribution in [0.3, 0.4) is 0 Å². The number of amides is 1. The van der Waals surface area contributed by atoms with Gasteiger partial charge in [0, 0.05) is 19.5 Å². The summed E-state index contributed by atoms with van der Waals surface area (Å²) in [7, 11) is 1.32. The maximum absolute atomic E-state index is 11.9. The van der Waals surface area contributed by atoms with Gasteiger partial charge in [0.25, 0.3) is 0 Å². The zero-order valence-corrected chi connectivity index (χ0v) is 10.9. The van der Waals surface area contributed by atoms with Gasteiger partial charge in [-0.05, 0) is 5.56 Å². The minimum Gasteiger partial charge on any atom is -0.467 e. The molecule has 0 bridgehead atoms. The average Bonchev–Trinajstić information content (AvgIpc) is 2.62. The van der Waals surface area contributed by atoms with Gasteiger partial charge in [0.05, 0.1) is 7.11 Å². The number of methoxy groups -OCH3 is 1. The topological polar surface area (TPSA) is 55.8 Å². The van der Waals surface area contributed by atoms with Crippen LogP contribution < -0.4 is 0 Å². The van der Waals surface area contributed by atoms with Gasteiger partial charge in [-0.15, -0.1) is 0 Å². The normalized spacial score (nSPS) is 19.9. The van der Waals surface area contributed by atoms with Crippen LogP contribution in [0.15, 0.2) is 30.3 Å². The zero-order chi connectivity index (χ0) is 13.7. The summed E-state index contributed by atoms with van der Waals surface area (Å²) in [6.07, 6.45) is -0.180. The second kappa shape index (κ2) is 6.33. The van der Waals surface area contributed by atoms with Crippen molar-refractivity contribution in [3.8, 4) is 0 Å². The molecule has 5 heteroatoms. The highest BCUT2D eigenvalue weighted by Gasteiger charge is 2.27. The van der Waals surface area contributed by atoms with Crippen molar-refractivity contribution in [3.63, 3.8) is 0 Å². The van der Waals surface area contributed by atoms with Gasteiger partial charge >= 0.3 is 5.97 Å². The molecule has 1 saturated heterocycles. The SMILES string of the molecule is COC(=O)[C@@H]1CCN(Cc2ccccc2)C(=O)CO1. The van der Waals surface area contributed by atoms with E-state index in [4.69, 9.17) is 4.74 Å². The molecule has 1 aliphatic rings. The molecule has 0 spiro atoms. The predicted molar refractivity (Wildman–Crippen MR) is 68.2 cm³/mol. The highest BCUT2D eigenvalue weighted by atomic mass is 16.6. The first-order valence-electron chi connectivity index (χ1n) is 6.22. The summed E-state index contributed by atoms with van der Waals surface area (Å²) in [5.41, 5.74) is 1.06. The Morgan fingerprint density at radius 3 is 2.84 bits per heavy atom. The molecule has 1 aromatic carbocycles. The van der Waals surface area contributed by atoms with Gasteiger partial charge in [0.1, 0.15) is 6.61 Å². The third-order valence-corrected chi connectivity index (χ3v) is 3.10. The quantitative estimate of drug-likeness (QED) is 0.763. The third-order valence-electron chi connectivity index (χ3n) is 3.10. The van der Waals surface area contributed by atoms with Crippen molar-refractivity contribution in [1.82, 2.24) is 4.90 Å². The van der Waals surface area contributed by atoms with E-state index in [0.717, 1.165) is 5.56 Å². The Hall–Kier alpha value is -1.88. The molecule has 1 fully saturated rings. The van der Waals surface area contributed by atoms with Crippen LogP contribution in [0.2, 0.25) is 0 Å². The molecule has 1 aliphatic heterocycles. The van der Waals surface area contributed by atoms with Gasteiger partial charge in [0.15, 0.2) is 6.10 Å². The van der Waals surface area contributed by atoms with Crippen molar-refractivity contribution in [3.05, 3.63) is 35.9 Å². The number of rotatable bonds is 3. The molecule has 1 atom stereocenters. The summed E-state index contributed by atoms with van der Waals surface area (Å²) in [6, 6.07) is 9.74. The number of hydrogen-bond acceptors (Lipinski definition) is 4. The highest BCUT2D eigenvalue weighted by Crippen LogP contribution is 2.12. The molecule has 0 N–H and O–H groups in total. The summed E-state index contributed by atoms with van der Waals surface area (Å²) >= 11 is 0. The van der Waals surface area contributed by atoms with Gasteiger partial charge in [-0.1, -0.05) is 30.3 Å². The van der Waals surface area contributed by atoms with Gasteiger partial charge in [-0.2, -0.15) is 0 Å². The predicted octanol–water partition coefficient (Wildman–Crippen LogP) is 0.977. The second-order valence-corrected chi connectivity index (χ2v) is 4.41. The highest BCUT2D eigenvalue weighted by molar-refractivity contribution is 5.80. The Morgan fingerprint density at radius 2 is 2.16 bits per heavy atom. The van der Waals surface area contributed by atoms with Crippen molar-refractivity contribution in [2.45, 2.75) is 19.1 Å². The summed E-state index contributed by atoms with van der Waals surface area (Å²) in [5.74, 6) is -0.524. The van der Waals surface area contributed by atoms with Crippen molar-refractivity contribution in [2.75, 3.05) is 20.3 Å². The largest absolute Gasteiger partial charge is 0.467 e. The summed E-state index contributed by atoms with van der Waals surface area (Å²) in [5, 5.41) is 0. The molecule has 102 valence electrons. The number of hydrogen-bond donors (Lipinski definition) is 0. The van der Waals surface area contributed by atoms with Crippen molar-refractivity contribution < 1.29 is 19.1 Å². The average molecular weight is 263 g/mol. The first kappa shape index (κ1) is 13.5. The van der Waals surface area contributed by atoms with Gasteiger partial charge < -0.3 is 14.4 Å². The Morgan fingerprint density at radius 1 is 1.42 bits per heavy atom. The Balaban J connectivity index is 1.99. The van der Waals surface area contributed by atoms with E-state index in [0.29, 0.717) is 19.5 Å². The van der Waals surface area contributed by atoms with E-state index in [9.17, 15) is 9.59 Å². The lowest BCUT2D eigenvalue weighted by Gasteiger charge is -2.19. The van der Waals surface area contributed by atoms with E-state index in [1.165, 1.54) is 7.11 Å². The molecule has 0 aliphatic carbocycles. The second-order valence-electron chi connectivity index (χ2n) is 4.41. The number of ether oxygens (including phenoxy) is 2. The van der Waals surface area contributed by atoms with Gasteiger partial charge in [0.2, 0.25) is 5.91 Å². The molecule has 1 amide bonds. The zero-order valence-electron chi connectivity index (χ0n) is 10.9. The van der Waals surface area contributed by atoms with E-state index in [1.54, 1.807) is 4.90 Å². The minimum absolute atomic E-state index is 0.0768. The smallest absolute Gasteiger partial charge is 0.335 e. The molecular formula is C14H17NO4. The summed E-state index contributed by atoms with van der Waals surface area (Å²) in [6.45, 7) is 0.955. The number of carbonyl (C=O) groups excluding carboxylic acids is 2. The van der Waals surface area contributed by atoms with Crippen LogP contribution >= 0.6 is 0 Å². The standard InChI is InChI=1S/C14H17NO4/c1-18-14(17)12-7-8-15(13(16)10-19-12)9-11-5-3-2-4-6-11/h2-6,12H,7-10H2,1H3/t12-/m0/s1. The lowest BCUT2D eigenvalue weighted by Crippen LogP contribution is -2.32. The molecule has 5 nitrogen and oxygen atoms in total. The van der Waals surface area contributed by atoms with E-state index < -0.39 is 12.1 Å². The Bertz CT molecular complexity index is 446. The molecular weight excluding hydrogens is 246 g/mol. The number of esters is 1. The lowest BCUT2D eigenvalue weighted by atomic mass is 10.2. The van der Waals surface area contributed by atoms with Crippen LogP contribution in [0.5, 0.6) is 0 Å². The van der Waals surface area contributed by atoms with Crippen LogP contribution in [-0.2, 0) is 25.6 Å². The molecule has 19 heavy (non-hydrogen) atoms. The fourth-order valence-corrected chi connectivity index (χ4v) is 2.03. The van der Waals surface area contributed by atoms with E-state index in [1.807, 2.05) is 30.3 Å². The molecule has 0 saturated carbocycles. The molecule has 1 aromatic rings. The summed E-state index contributed by atoms with van der Waals surface area (Å²) < 4.78 is 9.91. The van der Waals surface area contributed by atoms with Gasteiger partial charge in [-0.3, -0.25) is 4.79 Å². The van der Waals surface area contributed by atoms with Crippen molar-refractivity contribution in [2.24, 2.45) is 0 Å². The third kappa shape index (κ3) is 3.54. The van der Waals surface area contributed by atoms with Crippen LogP contribution in [0.4, 0.5) is 0 Å². The van der Waals surface area contributed by atoms with Crippen molar-refractivity contribution >= 4 is 11.9 Å². The minimum atomic E-state index is -0.644. The number of carbonyl (C=O) groups is 2. The molecule has 0 aromatic heterocycles. The van der Waals surface area contributed by atoms with Gasteiger partial charge in [-0.25, -0.2) is 4.79 Å². The monoisotopic (exact) mass is 263 g/mol. The fraction of sp³-hybridized carbons (Fsp3) is 0.429. The molecule has 0 unspecified atom stereocenters. The maximum Gasteiger partial charge on any atom is 0.335 e. The number of nitrogens with zero attached hydrogens (tertiary/aromatic N) is 1. The van der Waals surface area contributed by atoms with Crippen molar-refractivity contribution in [1.29, 1.82) is 0 Å². The van der Waals surface area contributed by atoms with E-state index >= 15 is 0 Å². The number of benzene rings is 1.